The molecule has 3 atom stereocenters. The van der Waals surface area contributed by atoms with Crippen molar-refractivity contribution in [2.45, 2.75) is 38.0 Å². The zero-order valence-electron chi connectivity index (χ0n) is 17.8. The number of rotatable bonds is 4. The number of halogens is 1. The number of nitrogens with one attached hydrogen (secondary N) is 1. The minimum atomic E-state index is -0.909. The number of hydrogen-bond donors (Lipinski definition) is 2. The molecule has 164 valence electrons. The van der Waals surface area contributed by atoms with Gasteiger partial charge in [0, 0.05) is 37.0 Å². The van der Waals surface area contributed by atoms with Crippen molar-refractivity contribution >= 4 is 16.7 Å². The smallest absolute Gasteiger partial charge is 0.320 e. The van der Waals surface area contributed by atoms with Crippen molar-refractivity contribution in [3.63, 3.8) is 0 Å². The van der Waals surface area contributed by atoms with E-state index in [1.165, 1.54) is 7.11 Å². The van der Waals surface area contributed by atoms with Crippen molar-refractivity contribution in [2.24, 2.45) is 0 Å². The van der Waals surface area contributed by atoms with E-state index >= 15 is 0 Å². The van der Waals surface area contributed by atoms with E-state index in [-0.39, 0.29) is 18.0 Å². The quantitative estimate of drug-likeness (QED) is 0.661. The molecular formula is C22H27FN6O2. The molecule has 8 nitrogen and oxygen atoms in total. The van der Waals surface area contributed by atoms with Gasteiger partial charge in [-0.15, -0.1) is 0 Å². The first-order chi connectivity index (χ1) is 15.0. The maximum Gasteiger partial charge on any atom is 0.320 e. The summed E-state index contributed by atoms with van der Waals surface area (Å²) in [5.41, 5.74) is 2.97. The summed E-state index contributed by atoms with van der Waals surface area (Å²) in [5.74, 6) is 1.14. The van der Waals surface area contributed by atoms with Gasteiger partial charge >= 0.3 is 6.01 Å². The summed E-state index contributed by atoms with van der Waals surface area (Å²) in [7, 11) is 1.53. The van der Waals surface area contributed by atoms with Crippen molar-refractivity contribution in [1.29, 1.82) is 0 Å². The van der Waals surface area contributed by atoms with Crippen LogP contribution in [0.3, 0.4) is 0 Å². The number of ether oxygens (including phenoxy) is 1. The number of alkyl halides is 1. The van der Waals surface area contributed by atoms with Crippen molar-refractivity contribution in [3.8, 4) is 11.8 Å². The predicted molar refractivity (Wildman–Crippen MR) is 116 cm³/mol. The topological polar surface area (TPSA) is 88.3 Å². The number of aryl methyl sites for hydroxylation is 1. The monoisotopic (exact) mass is 426 g/mol. The van der Waals surface area contributed by atoms with Crippen LogP contribution in [-0.4, -0.2) is 70.4 Å². The van der Waals surface area contributed by atoms with Crippen LogP contribution >= 0.6 is 0 Å². The van der Waals surface area contributed by atoms with Crippen LogP contribution < -0.4 is 15.0 Å². The number of benzene rings is 1. The van der Waals surface area contributed by atoms with Gasteiger partial charge in [0.2, 0.25) is 0 Å². The predicted octanol–water partition coefficient (Wildman–Crippen LogP) is 2.12. The Hall–Kier alpha value is -2.78. The van der Waals surface area contributed by atoms with E-state index < -0.39 is 6.17 Å². The standard InChI is InChI=1S/C22H27FN6O2/c1-13-7-14-10-25-29(19(14)8-17(13)16-3-5-24-11-18(16)23)21-9-20(26-22(27-21)31-2)28-6-4-15(30)12-28/h7-10,15-16,18,24,30H,3-6,11-12H2,1-2H3/t15-,16?,18?/m0/s1. The van der Waals surface area contributed by atoms with Crippen LogP contribution in [-0.2, 0) is 0 Å². The van der Waals surface area contributed by atoms with Gasteiger partial charge in [0.25, 0.3) is 0 Å². The molecule has 0 amide bonds. The van der Waals surface area contributed by atoms with Gasteiger partial charge in [-0.3, -0.25) is 0 Å². The molecule has 2 aliphatic heterocycles. The maximum atomic E-state index is 14.7. The highest BCUT2D eigenvalue weighted by molar-refractivity contribution is 5.82. The molecule has 0 aliphatic carbocycles. The van der Waals surface area contributed by atoms with E-state index in [1.54, 1.807) is 10.9 Å². The average Bonchev–Trinajstić information content (AvgIpc) is 3.39. The van der Waals surface area contributed by atoms with E-state index in [4.69, 9.17) is 4.74 Å². The normalized spacial score (nSPS) is 24.1. The third kappa shape index (κ3) is 3.72. The number of aliphatic hydroxyl groups is 1. The first-order valence-electron chi connectivity index (χ1n) is 10.7. The Morgan fingerprint density at radius 2 is 2.03 bits per heavy atom. The molecule has 4 heterocycles. The SMILES string of the molecule is COc1nc(N2CC[C@H](O)C2)cc(-n2ncc3cc(C)c(C4CCNCC4F)cc32)n1. The van der Waals surface area contributed by atoms with Gasteiger partial charge in [-0.2, -0.15) is 15.1 Å². The molecule has 2 aliphatic rings. The van der Waals surface area contributed by atoms with Crippen LogP contribution in [0.4, 0.5) is 10.2 Å². The Labute approximate surface area is 180 Å². The van der Waals surface area contributed by atoms with Crippen LogP contribution in [0.25, 0.3) is 16.7 Å². The number of piperidine rings is 1. The molecule has 1 aromatic carbocycles. The fraction of sp³-hybridized carbons (Fsp3) is 0.500. The Balaban J connectivity index is 1.59. The van der Waals surface area contributed by atoms with Crippen LogP contribution in [0.15, 0.2) is 24.4 Å². The molecule has 0 spiro atoms. The second kappa shape index (κ2) is 8.05. The summed E-state index contributed by atoms with van der Waals surface area (Å²) < 4.78 is 21.8. The van der Waals surface area contributed by atoms with E-state index in [0.29, 0.717) is 31.1 Å². The van der Waals surface area contributed by atoms with Crippen molar-refractivity contribution in [1.82, 2.24) is 25.1 Å². The fourth-order valence-electron chi connectivity index (χ4n) is 4.67. The summed E-state index contributed by atoms with van der Waals surface area (Å²) in [6.45, 7) is 4.48. The molecule has 0 bridgehead atoms. The van der Waals surface area contributed by atoms with E-state index in [1.807, 2.05) is 24.0 Å². The van der Waals surface area contributed by atoms with Gasteiger partial charge in [0.1, 0.15) is 12.0 Å². The summed E-state index contributed by atoms with van der Waals surface area (Å²) in [6.07, 6.45) is 2.00. The van der Waals surface area contributed by atoms with Gasteiger partial charge in [0.15, 0.2) is 5.82 Å². The number of nitrogens with zero attached hydrogens (tertiary/aromatic N) is 5. The number of methoxy groups -OCH3 is 1. The lowest BCUT2D eigenvalue weighted by molar-refractivity contribution is 0.198. The lowest BCUT2D eigenvalue weighted by Gasteiger charge is -2.28. The zero-order chi connectivity index (χ0) is 21.5. The van der Waals surface area contributed by atoms with E-state index in [9.17, 15) is 9.50 Å². The Morgan fingerprint density at radius 1 is 1.19 bits per heavy atom. The number of β-amino-alcohol motifs (C(OH)–C–C–N with tert-alkyl or cyclic N) is 1. The fourth-order valence-corrected chi connectivity index (χ4v) is 4.67. The minimum absolute atomic E-state index is 0.129. The summed E-state index contributed by atoms with van der Waals surface area (Å²) in [5, 5.41) is 18.6. The number of hydrogen-bond acceptors (Lipinski definition) is 7. The minimum Gasteiger partial charge on any atom is -0.467 e. The third-order valence-electron chi connectivity index (χ3n) is 6.33. The molecule has 0 saturated carbocycles. The second-order valence-corrected chi connectivity index (χ2v) is 8.40. The summed E-state index contributed by atoms with van der Waals surface area (Å²) >= 11 is 0. The van der Waals surface area contributed by atoms with Crippen LogP contribution in [0.5, 0.6) is 6.01 Å². The number of aliphatic hydroxyl groups excluding tert-OH is 1. The summed E-state index contributed by atoms with van der Waals surface area (Å²) in [6, 6.07) is 6.22. The zero-order valence-corrected chi connectivity index (χ0v) is 17.8. The Bertz CT molecular complexity index is 1100. The van der Waals surface area contributed by atoms with Gasteiger partial charge in [0.05, 0.1) is 24.9 Å². The molecule has 2 saturated heterocycles. The molecule has 5 rings (SSSR count). The van der Waals surface area contributed by atoms with E-state index in [0.717, 1.165) is 41.5 Å². The van der Waals surface area contributed by atoms with Crippen molar-refractivity contribution in [3.05, 3.63) is 35.5 Å². The summed E-state index contributed by atoms with van der Waals surface area (Å²) in [4.78, 5) is 11.0. The number of aromatic nitrogens is 4. The molecule has 2 aromatic heterocycles. The van der Waals surface area contributed by atoms with Gasteiger partial charge in [-0.1, -0.05) is 0 Å². The number of fused-ring (bicyclic) bond motifs is 1. The van der Waals surface area contributed by atoms with E-state index in [2.05, 4.69) is 26.4 Å². The highest BCUT2D eigenvalue weighted by Gasteiger charge is 2.28. The molecule has 3 aromatic rings. The second-order valence-electron chi connectivity index (χ2n) is 8.40. The molecule has 31 heavy (non-hydrogen) atoms. The van der Waals surface area contributed by atoms with Crippen LogP contribution in [0, 0.1) is 6.92 Å². The maximum absolute atomic E-state index is 14.7. The van der Waals surface area contributed by atoms with Crippen LogP contribution in [0.2, 0.25) is 0 Å². The molecule has 0 radical (unpaired) electrons. The van der Waals surface area contributed by atoms with Crippen molar-refractivity contribution < 1.29 is 14.2 Å². The molecular weight excluding hydrogens is 399 g/mol. The first kappa shape index (κ1) is 20.1. The molecule has 2 unspecified atom stereocenters. The Kier molecular flexibility index (Phi) is 5.23. The Morgan fingerprint density at radius 3 is 2.77 bits per heavy atom. The van der Waals surface area contributed by atoms with Crippen molar-refractivity contribution in [2.75, 3.05) is 38.2 Å². The first-order valence-corrected chi connectivity index (χ1v) is 10.7. The van der Waals surface area contributed by atoms with Gasteiger partial charge in [-0.25, -0.2) is 9.07 Å². The highest BCUT2D eigenvalue weighted by Crippen LogP contribution is 2.33. The highest BCUT2D eigenvalue weighted by atomic mass is 19.1. The van der Waals surface area contributed by atoms with Crippen LogP contribution in [0.1, 0.15) is 29.9 Å². The third-order valence-corrected chi connectivity index (χ3v) is 6.33. The lowest BCUT2D eigenvalue weighted by atomic mass is 9.85. The molecule has 9 heteroatoms. The van der Waals surface area contributed by atoms with Gasteiger partial charge < -0.3 is 20.1 Å². The average molecular weight is 426 g/mol. The lowest BCUT2D eigenvalue weighted by Crippen LogP contribution is -2.36. The number of anilines is 1. The largest absolute Gasteiger partial charge is 0.467 e. The molecule has 2 N–H and O–H groups in total. The van der Waals surface area contributed by atoms with Gasteiger partial charge in [-0.05, 0) is 49.6 Å². The molecule has 2 fully saturated rings.